The molecular weight excluding hydrogens is 703 g/mol. The summed E-state index contributed by atoms with van der Waals surface area (Å²) in [6.07, 6.45) is 0. The van der Waals surface area contributed by atoms with Crippen LogP contribution in [0.2, 0.25) is 0 Å². The third-order valence-electron chi connectivity index (χ3n) is 12.0. The lowest BCUT2D eigenvalue weighted by Gasteiger charge is -2.22. The summed E-state index contributed by atoms with van der Waals surface area (Å²) in [5.74, 6) is 0.697. The molecule has 10 aromatic rings. The average Bonchev–Trinajstić information content (AvgIpc) is 3.75. The van der Waals surface area contributed by atoms with Crippen LogP contribution in [0.5, 0.6) is 0 Å². The Hall–Kier alpha value is -7.36. The number of para-hydroxylation sites is 2. The minimum Gasteiger partial charge on any atom is -0.309 e. The quantitative estimate of drug-likeness (QED) is 0.170. The molecule has 2 heterocycles. The maximum Gasteiger partial charge on any atom is 0.160 e. The van der Waals surface area contributed by atoms with E-state index >= 15 is 0 Å². The number of nitrogens with zero attached hydrogens (tertiary/aromatic N) is 3. The van der Waals surface area contributed by atoms with E-state index in [-0.39, 0.29) is 5.41 Å². The van der Waals surface area contributed by atoms with Gasteiger partial charge < -0.3 is 4.57 Å². The second-order valence-corrected chi connectivity index (χ2v) is 15.8. The van der Waals surface area contributed by atoms with Crippen LogP contribution < -0.4 is 0 Å². The SMILES string of the molecule is CC1(C)c2ccccc2-c2ccc(-c3ccc4c(c3)c3cccc(-c5cccc(-c6nc(-c7ccccc7)cc(-c7ccccc7)n6)c5)c3n4-c3ccccc3)cc21. The molecule has 0 saturated carbocycles. The second-order valence-electron chi connectivity index (χ2n) is 15.8. The standard InChI is InChI=1S/C55H39N3/c1-55(2)48-27-13-12-24-44(48)45-30-28-39(34-49(45)55)38-29-31-52-47(33-38)46-26-15-25-43(53(46)58(52)42-22-10-5-11-23-42)40-20-14-21-41(32-40)54-56-50(36-16-6-3-7-17-36)35-51(57-54)37-18-8-4-9-19-37/h3-35H,1-2H3. The van der Waals surface area contributed by atoms with Crippen LogP contribution in [0, 0.1) is 0 Å². The normalized spacial score (nSPS) is 12.8. The van der Waals surface area contributed by atoms with Gasteiger partial charge in [-0.3, -0.25) is 0 Å². The van der Waals surface area contributed by atoms with Crippen LogP contribution in [-0.4, -0.2) is 14.5 Å². The van der Waals surface area contributed by atoms with Gasteiger partial charge >= 0.3 is 0 Å². The molecule has 11 rings (SSSR count). The zero-order valence-corrected chi connectivity index (χ0v) is 32.4. The van der Waals surface area contributed by atoms with Crippen molar-refractivity contribution in [2.45, 2.75) is 19.3 Å². The molecule has 1 aliphatic carbocycles. The summed E-state index contributed by atoms with van der Waals surface area (Å²) >= 11 is 0. The molecule has 0 unspecified atom stereocenters. The van der Waals surface area contributed by atoms with Crippen LogP contribution in [0.3, 0.4) is 0 Å². The molecule has 3 nitrogen and oxygen atoms in total. The van der Waals surface area contributed by atoms with Gasteiger partial charge in [0.25, 0.3) is 0 Å². The highest BCUT2D eigenvalue weighted by atomic mass is 15.0. The van der Waals surface area contributed by atoms with Crippen LogP contribution in [-0.2, 0) is 5.41 Å². The first-order valence-corrected chi connectivity index (χ1v) is 20.0. The van der Waals surface area contributed by atoms with E-state index in [0.717, 1.165) is 44.9 Å². The molecule has 0 atom stereocenters. The van der Waals surface area contributed by atoms with Gasteiger partial charge in [-0.25, -0.2) is 9.97 Å². The zero-order valence-electron chi connectivity index (χ0n) is 32.4. The molecule has 0 aliphatic heterocycles. The van der Waals surface area contributed by atoms with E-state index in [0.29, 0.717) is 5.82 Å². The first-order valence-electron chi connectivity index (χ1n) is 20.0. The summed E-state index contributed by atoms with van der Waals surface area (Å²) in [5.41, 5.74) is 18.5. The molecule has 0 fully saturated rings. The largest absolute Gasteiger partial charge is 0.309 e. The molecule has 0 amide bonds. The van der Waals surface area contributed by atoms with Crippen molar-refractivity contribution < 1.29 is 0 Å². The van der Waals surface area contributed by atoms with Crippen LogP contribution in [0.25, 0.3) is 94.8 Å². The molecule has 58 heavy (non-hydrogen) atoms. The van der Waals surface area contributed by atoms with E-state index in [9.17, 15) is 0 Å². The topological polar surface area (TPSA) is 30.7 Å². The fraction of sp³-hybridized carbons (Fsp3) is 0.0545. The predicted octanol–water partition coefficient (Wildman–Crippen LogP) is 14.2. The number of benzene rings is 8. The lowest BCUT2D eigenvalue weighted by atomic mass is 9.81. The average molecular weight is 742 g/mol. The summed E-state index contributed by atoms with van der Waals surface area (Å²) in [5, 5.41) is 2.44. The molecule has 0 N–H and O–H groups in total. The van der Waals surface area contributed by atoms with Crippen molar-refractivity contribution in [3.8, 4) is 73.0 Å². The van der Waals surface area contributed by atoms with Gasteiger partial charge in [0.05, 0.1) is 22.4 Å². The molecule has 8 aromatic carbocycles. The highest BCUT2D eigenvalue weighted by Gasteiger charge is 2.35. The molecular formula is C55H39N3. The highest BCUT2D eigenvalue weighted by molar-refractivity contribution is 6.14. The van der Waals surface area contributed by atoms with Gasteiger partial charge in [0.15, 0.2) is 5.82 Å². The third-order valence-corrected chi connectivity index (χ3v) is 12.0. The molecule has 0 spiro atoms. The first-order chi connectivity index (χ1) is 28.5. The molecule has 2 aromatic heterocycles. The van der Waals surface area contributed by atoms with E-state index in [2.05, 4.69) is 206 Å². The van der Waals surface area contributed by atoms with Gasteiger partial charge in [-0.1, -0.05) is 172 Å². The van der Waals surface area contributed by atoms with Gasteiger partial charge in [0.2, 0.25) is 0 Å². The smallest absolute Gasteiger partial charge is 0.160 e. The number of aromatic nitrogens is 3. The Balaban J connectivity index is 1.08. The van der Waals surface area contributed by atoms with Crippen LogP contribution in [0.4, 0.5) is 0 Å². The monoisotopic (exact) mass is 741 g/mol. The fourth-order valence-electron chi connectivity index (χ4n) is 9.13. The Morgan fingerprint density at radius 1 is 0.379 bits per heavy atom. The highest BCUT2D eigenvalue weighted by Crippen LogP contribution is 2.50. The Bertz CT molecular complexity index is 3120. The number of fused-ring (bicyclic) bond motifs is 6. The Morgan fingerprint density at radius 2 is 0.948 bits per heavy atom. The maximum atomic E-state index is 5.16. The van der Waals surface area contributed by atoms with E-state index < -0.39 is 0 Å². The third kappa shape index (κ3) is 5.50. The van der Waals surface area contributed by atoms with Crippen molar-refractivity contribution in [1.29, 1.82) is 0 Å². The number of hydrogen-bond donors (Lipinski definition) is 0. The van der Waals surface area contributed by atoms with Gasteiger partial charge in [-0.05, 0) is 81.4 Å². The van der Waals surface area contributed by atoms with E-state index in [4.69, 9.17) is 9.97 Å². The molecule has 1 aliphatic rings. The van der Waals surface area contributed by atoms with Crippen LogP contribution in [0.15, 0.2) is 200 Å². The van der Waals surface area contributed by atoms with Gasteiger partial charge in [-0.2, -0.15) is 0 Å². The minimum atomic E-state index is -0.0597. The van der Waals surface area contributed by atoms with Crippen molar-refractivity contribution in [1.82, 2.24) is 14.5 Å². The van der Waals surface area contributed by atoms with Crippen LogP contribution in [0.1, 0.15) is 25.0 Å². The van der Waals surface area contributed by atoms with E-state index in [1.54, 1.807) is 0 Å². The van der Waals surface area contributed by atoms with E-state index in [1.165, 1.54) is 55.2 Å². The molecule has 0 bridgehead atoms. The van der Waals surface area contributed by atoms with Gasteiger partial charge in [-0.15, -0.1) is 0 Å². The maximum absolute atomic E-state index is 5.16. The van der Waals surface area contributed by atoms with Crippen molar-refractivity contribution in [2.24, 2.45) is 0 Å². The number of rotatable bonds is 6. The lowest BCUT2D eigenvalue weighted by Crippen LogP contribution is -2.14. The summed E-state index contributed by atoms with van der Waals surface area (Å²) in [4.78, 5) is 10.3. The number of hydrogen-bond acceptors (Lipinski definition) is 2. The van der Waals surface area contributed by atoms with Gasteiger partial charge in [0.1, 0.15) is 0 Å². The molecule has 0 radical (unpaired) electrons. The Morgan fingerprint density at radius 3 is 1.69 bits per heavy atom. The summed E-state index contributed by atoms with van der Waals surface area (Å²) in [6.45, 7) is 4.70. The van der Waals surface area contributed by atoms with Crippen LogP contribution >= 0.6 is 0 Å². The molecule has 3 heteroatoms. The van der Waals surface area contributed by atoms with Crippen molar-refractivity contribution in [3.05, 3.63) is 211 Å². The summed E-state index contributed by atoms with van der Waals surface area (Å²) in [6, 6.07) is 71.9. The van der Waals surface area contributed by atoms with Gasteiger partial charge in [0, 0.05) is 44.1 Å². The summed E-state index contributed by atoms with van der Waals surface area (Å²) in [7, 11) is 0. The lowest BCUT2D eigenvalue weighted by molar-refractivity contribution is 0.660. The summed E-state index contributed by atoms with van der Waals surface area (Å²) < 4.78 is 2.43. The Labute approximate surface area is 338 Å². The second kappa shape index (κ2) is 13.4. The van der Waals surface area contributed by atoms with Crippen molar-refractivity contribution in [3.63, 3.8) is 0 Å². The first kappa shape index (κ1) is 33.9. The van der Waals surface area contributed by atoms with Crippen molar-refractivity contribution >= 4 is 21.8 Å². The van der Waals surface area contributed by atoms with E-state index in [1.807, 2.05) is 12.1 Å². The van der Waals surface area contributed by atoms with Crippen molar-refractivity contribution in [2.75, 3.05) is 0 Å². The fourth-order valence-corrected chi connectivity index (χ4v) is 9.13. The molecule has 274 valence electrons. The minimum absolute atomic E-state index is 0.0597. The molecule has 0 saturated heterocycles. The zero-order chi connectivity index (χ0) is 38.8. The predicted molar refractivity (Wildman–Crippen MR) is 241 cm³/mol. The Kier molecular flexibility index (Phi) is 7.84.